The second-order valence-corrected chi connectivity index (χ2v) is 7.60. The third kappa shape index (κ3) is 2.59. The summed E-state index contributed by atoms with van der Waals surface area (Å²) in [5.74, 6) is 1.54. The van der Waals surface area contributed by atoms with Crippen molar-refractivity contribution in [3.63, 3.8) is 0 Å². The first-order valence-corrected chi connectivity index (χ1v) is 8.77. The van der Waals surface area contributed by atoms with Crippen LogP contribution in [0.2, 0.25) is 0 Å². The molecule has 0 N–H and O–H groups in total. The minimum absolute atomic E-state index is 0.00892. The zero-order valence-corrected chi connectivity index (χ0v) is 14.6. The number of carbonyl (C=O) groups is 1. The lowest BCUT2D eigenvalue weighted by atomic mass is 10.0. The molecule has 2 heterocycles. The molecule has 0 aromatic carbocycles. The summed E-state index contributed by atoms with van der Waals surface area (Å²) < 4.78 is 1.66. The fourth-order valence-corrected chi connectivity index (χ4v) is 4.57. The number of nitrogens with zero attached hydrogens (tertiary/aromatic N) is 5. The van der Waals surface area contributed by atoms with E-state index in [1.165, 1.54) is 12.8 Å². The molecule has 2 fully saturated rings. The summed E-state index contributed by atoms with van der Waals surface area (Å²) in [6.07, 6.45) is 8.34. The van der Waals surface area contributed by atoms with Crippen LogP contribution in [0.15, 0.2) is 24.5 Å². The Bertz CT molecular complexity index is 708. The largest absolute Gasteiger partial charge is 0.337 e. The summed E-state index contributed by atoms with van der Waals surface area (Å²) in [4.78, 5) is 21.3. The zero-order chi connectivity index (χ0) is 16.8. The summed E-state index contributed by atoms with van der Waals surface area (Å²) in [5, 5.41) is 4.37. The Kier molecular flexibility index (Phi) is 3.79. The Morgan fingerprint density at radius 3 is 2.42 bits per heavy atom. The summed E-state index contributed by atoms with van der Waals surface area (Å²) in [6, 6.07) is 4.65. The Labute approximate surface area is 142 Å². The van der Waals surface area contributed by atoms with Crippen molar-refractivity contribution in [1.82, 2.24) is 24.4 Å². The molecule has 4 atom stereocenters. The standard InChI is InChI=1S/C18H25N5O/c1-21(2)14-7-12-9-15(10-13(12)8-14)22(3)18(24)16-11-17-19-5-4-6-23(17)20-16/h4-6,11-15H,7-10H2,1-3H3/t12-,13+,14?,15?. The molecule has 6 heteroatoms. The van der Waals surface area contributed by atoms with Crippen molar-refractivity contribution in [2.24, 2.45) is 11.8 Å². The van der Waals surface area contributed by atoms with Crippen LogP contribution < -0.4 is 0 Å². The summed E-state index contributed by atoms with van der Waals surface area (Å²) in [7, 11) is 6.28. The molecule has 0 radical (unpaired) electrons. The quantitative estimate of drug-likeness (QED) is 0.864. The molecule has 1 amide bonds. The maximum Gasteiger partial charge on any atom is 0.274 e. The molecule has 2 aromatic heterocycles. The Balaban J connectivity index is 1.45. The second kappa shape index (κ2) is 5.84. The van der Waals surface area contributed by atoms with Gasteiger partial charge in [0.05, 0.1) is 0 Å². The van der Waals surface area contributed by atoms with Crippen LogP contribution in [0.5, 0.6) is 0 Å². The highest BCUT2D eigenvalue weighted by atomic mass is 16.2. The third-order valence-electron chi connectivity index (χ3n) is 6.02. The summed E-state index contributed by atoms with van der Waals surface area (Å²) >= 11 is 0. The Hall–Kier alpha value is -1.95. The van der Waals surface area contributed by atoms with Gasteiger partial charge in [0, 0.05) is 37.6 Å². The average Bonchev–Trinajstić information content (AvgIpc) is 3.24. The lowest BCUT2D eigenvalue weighted by Gasteiger charge is -2.26. The molecule has 24 heavy (non-hydrogen) atoms. The van der Waals surface area contributed by atoms with E-state index in [9.17, 15) is 4.79 Å². The fraction of sp³-hybridized carbons (Fsp3) is 0.611. The van der Waals surface area contributed by atoms with Crippen molar-refractivity contribution in [2.75, 3.05) is 21.1 Å². The van der Waals surface area contributed by atoms with Crippen molar-refractivity contribution in [2.45, 2.75) is 37.8 Å². The van der Waals surface area contributed by atoms with E-state index in [0.717, 1.165) is 24.7 Å². The van der Waals surface area contributed by atoms with Gasteiger partial charge in [-0.05, 0) is 57.7 Å². The predicted molar refractivity (Wildman–Crippen MR) is 91.8 cm³/mol. The van der Waals surface area contributed by atoms with Gasteiger partial charge in [-0.25, -0.2) is 9.50 Å². The van der Waals surface area contributed by atoms with Gasteiger partial charge in [-0.3, -0.25) is 4.79 Å². The highest BCUT2D eigenvalue weighted by molar-refractivity contribution is 5.93. The van der Waals surface area contributed by atoms with Gasteiger partial charge < -0.3 is 9.80 Å². The molecule has 2 aliphatic carbocycles. The highest BCUT2D eigenvalue weighted by Crippen LogP contribution is 2.46. The van der Waals surface area contributed by atoms with Crippen molar-refractivity contribution in [1.29, 1.82) is 0 Å². The van der Waals surface area contributed by atoms with Crippen LogP contribution in [0.4, 0.5) is 0 Å². The highest BCUT2D eigenvalue weighted by Gasteiger charge is 2.44. The van der Waals surface area contributed by atoms with Gasteiger partial charge in [0.1, 0.15) is 0 Å². The van der Waals surface area contributed by atoms with E-state index in [4.69, 9.17) is 0 Å². The van der Waals surface area contributed by atoms with Crippen molar-refractivity contribution in [3.8, 4) is 0 Å². The minimum Gasteiger partial charge on any atom is -0.337 e. The number of fused-ring (bicyclic) bond motifs is 2. The van der Waals surface area contributed by atoms with Crippen LogP contribution in [-0.2, 0) is 0 Å². The molecule has 0 bridgehead atoms. The molecule has 128 valence electrons. The molecule has 2 unspecified atom stereocenters. The Morgan fingerprint density at radius 2 is 1.79 bits per heavy atom. The van der Waals surface area contributed by atoms with E-state index in [0.29, 0.717) is 23.4 Å². The number of hydrogen-bond donors (Lipinski definition) is 0. The van der Waals surface area contributed by atoms with E-state index >= 15 is 0 Å². The number of hydrogen-bond acceptors (Lipinski definition) is 4. The monoisotopic (exact) mass is 327 g/mol. The fourth-order valence-electron chi connectivity index (χ4n) is 4.57. The SMILES string of the molecule is CN(C)C1C[C@@H]2CC(N(C)C(=O)c3cc4ncccn4n3)C[C@@H]2C1. The van der Waals surface area contributed by atoms with E-state index < -0.39 is 0 Å². The minimum atomic E-state index is 0.00892. The van der Waals surface area contributed by atoms with Crippen molar-refractivity contribution < 1.29 is 4.79 Å². The molecule has 2 saturated carbocycles. The van der Waals surface area contributed by atoms with Crippen LogP contribution in [0, 0.1) is 11.8 Å². The van der Waals surface area contributed by atoms with Gasteiger partial charge in [-0.15, -0.1) is 0 Å². The van der Waals surface area contributed by atoms with Gasteiger partial charge in [0.2, 0.25) is 0 Å². The second-order valence-electron chi connectivity index (χ2n) is 7.60. The molecule has 0 aliphatic heterocycles. The van der Waals surface area contributed by atoms with Crippen LogP contribution >= 0.6 is 0 Å². The van der Waals surface area contributed by atoms with Crippen LogP contribution in [0.25, 0.3) is 5.65 Å². The maximum atomic E-state index is 12.8. The predicted octanol–water partition coefficient (Wildman–Crippen LogP) is 1.92. The maximum absolute atomic E-state index is 12.8. The molecule has 0 saturated heterocycles. The molecule has 0 spiro atoms. The first-order chi connectivity index (χ1) is 11.5. The van der Waals surface area contributed by atoms with E-state index in [1.807, 2.05) is 24.2 Å². The van der Waals surface area contributed by atoms with Gasteiger partial charge >= 0.3 is 0 Å². The lowest BCUT2D eigenvalue weighted by molar-refractivity contribution is 0.0720. The number of carbonyl (C=O) groups excluding carboxylic acids is 1. The molecule has 6 nitrogen and oxygen atoms in total. The van der Waals surface area contributed by atoms with Crippen LogP contribution in [0.3, 0.4) is 0 Å². The Morgan fingerprint density at radius 1 is 1.12 bits per heavy atom. The third-order valence-corrected chi connectivity index (χ3v) is 6.02. The molecule has 2 aromatic rings. The smallest absolute Gasteiger partial charge is 0.274 e. The van der Waals surface area contributed by atoms with Crippen LogP contribution in [0.1, 0.15) is 36.2 Å². The summed E-state index contributed by atoms with van der Waals surface area (Å²) in [6.45, 7) is 0. The summed E-state index contributed by atoms with van der Waals surface area (Å²) in [5.41, 5.74) is 1.20. The topological polar surface area (TPSA) is 53.7 Å². The zero-order valence-electron chi connectivity index (χ0n) is 14.6. The van der Waals surface area contributed by atoms with Gasteiger partial charge in [0.25, 0.3) is 5.91 Å². The normalized spacial score (nSPS) is 29.3. The van der Waals surface area contributed by atoms with E-state index in [1.54, 1.807) is 16.8 Å². The van der Waals surface area contributed by atoms with Crippen LogP contribution in [-0.4, -0.2) is 63.5 Å². The number of amides is 1. The first kappa shape index (κ1) is 15.6. The van der Waals surface area contributed by atoms with Gasteiger partial charge in [0.15, 0.2) is 11.3 Å². The number of rotatable bonds is 3. The van der Waals surface area contributed by atoms with Gasteiger partial charge in [-0.1, -0.05) is 0 Å². The molecule has 2 aliphatic rings. The molecular formula is C18H25N5O. The first-order valence-electron chi connectivity index (χ1n) is 8.77. The van der Waals surface area contributed by atoms with E-state index in [-0.39, 0.29) is 5.91 Å². The molecular weight excluding hydrogens is 302 g/mol. The van der Waals surface area contributed by atoms with Crippen molar-refractivity contribution >= 4 is 11.6 Å². The molecule has 4 rings (SSSR count). The number of aromatic nitrogens is 3. The van der Waals surface area contributed by atoms with Gasteiger partial charge in [-0.2, -0.15) is 5.10 Å². The van der Waals surface area contributed by atoms with E-state index in [2.05, 4.69) is 29.1 Å². The lowest BCUT2D eigenvalue weighted by Crippen LogP contribution is -2.36. The van der Waals surface area contributed by atoms with Crippen molar-refractivity contribution in [3.05, 3.63) is 30.2 Å². The average molecular weight is 327 g/mol.